The summed E-state index contributed by atoms with van der Waals surface area (Å²) in [6.45, 7) is 6.21. The van der Waals surface area contributed by atoms with Crippen molar-refractivity contribution in [1.29, 1.82) is 0 Å². The Labute approximate surface area is 147 Å². The third kappa shape index (κ3) is 3.05. The molecule has 1 heterocycles. The lowest BCUT2D eigenvalue weighted by molar-refractivity contribution is 0.100. The van der Waals surface area contributed by atoms with Gasteiger partial charge in [-0.15, -0.1) is 0 Å². The van der Waals surface area contributed by atoms with E-state index in [1.54, 1.807) is 30.3 Å². The van der Waals surface area contributed by atoms with Gasteiger partial charge < -0.3 is 5.73 Å². The first-order valence-electron chi connectivity index (χ1n) is 7.88. The Hall–Kier alpha value is -2.60. The Morgan fingerprint density at radius 1 is 1.00 bits per heavy atom. The first kappa shape index (κ1) is 17.2. The van der Waals surface area contributed by atoms with Crippen LogP contribution < -0.4 is 5.73 Å². The van der Waals surface area contributed by atoms with E-state index in [0.717, 1.165) is 10.9 Å². The first-order chi connectivity index (χ1) is 11.6. The van der Waals surface area contributed by atoms with Crippen molar-refractivity contribution >= 4 is 26.8 Å². The molecule has 0 aliphatic rings. The number of hydrogen-bond donors (Lipinski definition) is 1. The van der Waals surface area contributed by atoms with Crippen molar-refractivity contribution in [2.75, 3.05) is 0 Å². The molecular weight excluding hydrogens is 336 g/mol. The summed E-state index contributed by atoms with van der Waals surface area (Å²) in [6, 6.07) is 13.3. The van der Waals surface area contributed by atoms with E-state index >= 15 is 0 Å². The van der Waals surface area contributed by atoms with Crippen LogP contribution >= 0.6 is 0 Å². The van der Waals surface area contributed by atoms with Gasteiger partial charge in [-0.1, -0.05) is 39.0 Å². The number of nitrogens with zero attached hydrogens (tertiary/aromatic N) is 1. The molecule has 2 aromatic carbocycles. The van der Waals surface area contributed by atoms with Crippen LogP contribution in [0.2, 0.25) is 0 Å². The average Bonchev–Trinajstić information content (AvgIpc) is 2.97. The smallest absolute Gasteiger partial charge is 0.268 e. The zero-order chi connectivity index (χ0) is 18.4. The molecule has 2 N–H and O–H groups in total. The Bertz CT molecular complexity index is 1060. The van der Waals surface area contributed by atoms with Crippen LogP contribution in [0.25, 0.3) is 10.9 Å². The van der Waals surface area contributed by atoms with Crippen molar-refractivity contribution in [3.8, 4) is 0 Å². The highest BCUT2D eigenvalue weighted by Crippen LogP contribution is 2.26. The monoisotopic (exact) mass is 356 g/mol. The maximum atomic E-state index is 13.0. The van der Waals surface area contributed by atoms with Crippen LogP contribution in [0.4, 0.5) is 0 Å². The number of benzene rings is 2. The van der Waals surface area contributed by atoms with Gasteiger partial charge in [-0.2, -0.15) is 0 Å². The van der Waals surface area contributed by atoms with E-state index in [1.165, 1.54) is 16.2 Å². The number of amides is 1. The molecule has 3 rings (SSSR count). The number of hydrogen-bond acceptors (Lipinski definition) is 3. The molecule has 0 unspecified atom stereocenters. The minimum absolute atomic E-state index is 0.0567. The van der Waals surface area contributed by atoms with Gasteiger partial charge in [0.2, 0.25) is 5.91 Å². The van der Waals surface area contributed by atoms with E-state index in [9.17, 15) is 13.2 Å². The average molecular weight is 356 g/mol. The predicted octanol–water partition coefficient (Wildman–Crippen LogP) is 3.27. The molecule has 5 nitrogen and oxygen atoms in total. The molecule has 0 saturated carbocycles. The number of primary amides is 1. The minimum atomic E-state index is -3.76. The molecule has 0 aliphatic heterocycles. The Morgan fingerprint density at radius 2 is 1.64 bits per heavy atom. The van der Waals surface area contributed by atoms with Gasteiger partial charge in [0.15, 0.2) is 0 Å². The molecule has 130 valence electrons. The summed E-state index contributed by atoms with van der Waals surface area (Å²) in [5.74, 6) is -0.596. The van der Waals surface area contributed by atoms with Crippen LogP contribution in [-0.2, 0) is 15.4 Å². The third-order valence-electron chi connectivity index (χ3n) is 4.22. The van der Waals surface area contributed by atoms with Crippen LogP contribution in [0.1, 0.15) is 36.7 Å². The van der Waals surface area contributed by atoms with Gasteiger partial charge in [-0.3, -0.25) is 4.79 Å². The van der Waals surface area contributed by atoms with Crippen molar-refractivity contribution in [3.05, 3.63) is 65.9 Å². The highest BCUT2D eigenvalue weighted by atomic mass is 32.2. The Kier molecular flexibility index (Phi) is 3.95. The van der Waals surface area contributed by atoms with E-state index in [-0.39, 0.29) is 15.9 Å². The van der Waals surface area contributed by atoms with E-state index in [0.29, 0.717) is 5.52 Å². The third-order valence-corrected chi connectivity index (χ3v) is 5.92. The topological polar surface area (TPSA) is 82.2 Å². The Balaban J connectivity index is 2.13. The summed E-state index contributed by atoms with van der Waals surface area (Å²) >= 11 is 0. The van der Waals surface area contributed by atoms with Gasteiger partial charge in [0.1, 0.15) is 0 Å². The van der Waals surface area contributed by atoms with Gasteiger partial charge in [-0.05, 0) is 41.3 Å². The second kappa shape index (κ2) is 5.74. The lowest BCUT2D eigenvalue weighted by Crippen LogP contribution is -2.15. The number of aromatic nitrogens is 1. The highest BCUT2D eigenvalue weighted by molar-refractivity contribution is 7.90. The standard InChI is InChI=1S/C19H20N2O3S/c1-19(2,3)15-6-8-16(9-7-15)25(23,24)21-11-10-13-4-5-14(18(20)22)12-17(13)21/h4-12H,1-3H3,(H2,20,22). The van der Waals surface area contributed by atoms with Crippen LogP contribution in [0.5, 0.6) is 0 Å². The molecule has 25 heavy (non-hydrogen) atoms. The normalized spacial score (nSPS) is 12.4. The van der Waals surface area contributed by atoms with E-state index in [2.05, 4.69) is 20.8 Å². The lowest BCUT2D eigenvalue weighted by Gasteiger charge is -2.19. The number of nitrogens with two attached hydrogens (primary N) is 1. The zero-order valence-corrected chi connectivity index (χ0v) is 15.2. The fourth-order valence-electron chi connectivity index (χ4n) is 2.71. The van der Waals surface area contributed by atoms with Crippen molar-refractivity contribution in [2.45, 2.75) is 31.1 Å². The number of carbonyl (C=O) groups excluding carboxylic acids is 1. The molecule has 0 saturated heterocycles. The molecule has 0 bridgehead atoms. The van der Waals surface area contributed by atoms with E-state index < -0.39 is 15.9 Å². The van der Waals surface area contributed by atoms with Gasteiger partial charge in [-0.25, -0.2) is 12.4 Å². The van der Waals surface area contributed by atoms with Crippen molar-refractivity contribution in [1.82, 2.24) is 3.97 Å². The molecule has 6 heteroatoms. The molecule has 0 fully saturated rings. The van der Waals surface area contributed by atoms with Gasteiger partial charge >= 0.3 is 0 Å². The fraction of sp³-hybridized carbons (Fsp3) is 0.211. The maximum absolute atomic E-state index is 13.0. The lowest BCUT2D eigenvalue weighted by atomic mass is 9.87. The maximum Gasteiger partial charge on any atom is 0.268 e. The Morgan fingerprint density at radius 3 is 2.20 bits per heavy atom. The van der Waals surface area contributed by atoms with Crippen molar-refractivity contribution in [3.63, 3.8) is 0 Å². The van der Waals surface area contributed by atoms with Gasteiger partial charge in [0.25, 0.3) is 10.0 Å². The molecule has 0 aliphatic carbocycles. The number of carbonyl (C=O) groups is 1. The van der Waals surface area contributed by atoms with Crippen LogP contribution in [0.15, 0.2) is 59.6 Å². The number of fused-ring (bicyclic) bond motifs is 1. The SMILES string of the molecule is CC(C)(C)c1ccc(S(=O)(=O)n2ccc3ccc(C(N)=O)cc32)cc1. The first-order valence-corrected chi connectivity index (χ1v) is 9.32. The van der Waals surface area contributed by atoms with Crippen molar-refractivity contribution in [2.24, 2.45) is 5.73 Å². The van der Waals surface area contributed by atoms with E-state index in [4.69, 9.17) is 5.73 Å². The summed E-state index contributed by atoms with van der Waals surface area (Å²) < 4.78 is 27.2. The molecular formula is C19H20N2O3S. The minimum Gasteiger partial charge on any atom is -0.366 e. The highest BCUT2D eigenvalue weighted by Gasteiger charge is 2.21. The molecule has 1 aromatic heterocycles. The fourth-order valence-corrected chi connectivity index (χ4v) is 4.05. The van der Waals surface area contributed by atoms with Crippen LogP contribution in [0, 0.1) is 0 Å². The van der Waals surface area contributed by atoms with Crippen LogP contribution in [0.3, 0.4) is 0 Å². The predicted molar refractivity (Wildman–Crippen MR) is 98.2 cm³/mol. The summed E-state index contributed by atoms with van der Waals surface area (Å²) in [7, 11) is -3.76. The summed E-state index contributed by atoms with van der Waals surface area (Å²) in [5.41, 5.74) is 7.00. The quantitative estimate of drug-likeness (QED) is 0.782. The van der Waals surface area contributed by atoms with Gasteiger partial charge in [0, 0.05) is 17.1 Å². The van der Waals surface area contributed by atoms with E-state index in [1.807, 2.05) is 12.1 Å². The number of rotatable bonds is 3. The van der Waals surface area contributed by atoms with Crippen molar-refractivity contribution < 1.29 is 13.2 Å². The summed E-state index contributed by atoms with van der Waals surface area (Å²) in [5, 5.41) is 0.722. The molecule has 0 atom stereocenters. The second-order valence-corrected chi connectivity index (χ2v) is 8.84. The van der Waals surface area contributed by atoms with Gasteiger partial charge in [0.05, 0.1) is 10.4 Å². The molecule has 1 amide bonds. The molecule has 0 radical (unpaired) electrons. The largest absolute Gasteiger partial charge is 0.366 e. The molecule has 0 spiro atoms. The summed E-state index contributed by atoms with van der Waals surface area (Å²) in [6.07, 6.45) is 1.49. The summed E-state index contributed by atoms with van der Waals surface area (Å²) in [4.78, 5) is 11.6. The molecule has 3 aromatic rings. The van der Waals surface area contributed by atoms with Crippen LogP contribution in [-0.4, -0.2) is 18.3 Å². The second-order valence-electron chi connectivity index (χ2n) is 7.03. The zero-order valence-electron chi connectivity index (χ0n) is 14.4.